The van der Waals surface area contributed by atoms with E-state index in [4.69, 9.17) is 9.66 Å². The summed E-state index contributed by atoms with van der Waals surface area (Å²) in [5.41, 5.74) is 1.75. The lowest BCUT2D eigenvalue weighted by molar-refractivity contribution is -0.141. The van der Waals surface area contributed by atoms with Gasteiger partial charge in [0.15, 0.2) is 0 Å². The minimum absolute atomic E-state index is 0.0502. The zero-order valence-corrected chi connectivity index (χ0v) is 13.0. The molecule has 0 spiro atoms. The van der Waals surface area contributed by atoms with Crippen molar-refractivity contribution in [2.75, 3.05) is 5.75 Å². The van der Waals surface area contributed by atoms with Crippen molar-refractivity contribution < 1.29 is 27.7 Å². The molecule has 0 aliphatic carbocycles. The van der Waals surface area contributed by atoms with Crippen LogP contribution in [0, 0.1) is 0 Å². The number of aliphatic carboxylic acids is 1. The van der Waals surface area contributed by atoms with Gasteiger partial charge in [0.05, 0.1) is 6.42 Å². The predicted molar refractivity (Wildman–Crippen MR) is 80.1 cm³/mol. The number of amides is 1. The highest BCUT2D eigenvalue weighted by molar-refractivity contribution is 7.85. The van der Waals surface area contributed by atoms with Crippen LogP contribution >= 0.6 is 0 Å². The van der Waals surface area contributed by atoms with Gasteiger partial charge in [0.2, 0.25) is 5.91 Å². The van der Waals surface area contributed by atoms with E-state index in [1.807, 2.05) is 19.1 Å². The predicted octanol–water partition coefficient (Wildman–Crippen LogP) is 0.639. The molecule has 0 saturated heterocycles. The highest BCUT2D eigenvalue weighted by Crippen LogP contribution is 2.12. The van der Waals surface area contributed by atoms with E-state index >= 15 is 0 Å². The molecule has 0 fully saturated rings. The van der Waals surface area contributed by atoms with E-state index in [9.17, 15) is 18.0 Å². The molecule has 0 aliphatic heterocycles. The second-order valence-electron chi connectivity index (χ2n) is 4.90. The van der Waals surface area contributed by atoms with Gasteiger partial charge < -0.3 is 10.4 Å². The summed E-state index contributed by atoms with van der Waals surface area (Å²) in [6, 6.07) is 5.60. The van der Waals surface area contributed by atoms with E-state index in [-0.39, 0.29) is 6.42 Å². The van der Waals surface area contributed by atoms with Crippen LogP contribution in [-0.4, -0.2) is 41.7 Å². The lowest BCUT2D eigenvalue weighted by Gasteiger charge is -2.14. The number of rotatable bonds is 8. The number of hydrogen-bond donors (Lipinski definition) is 3. The molecule has 122 valence electrons. The van der Waals surface area contributed by atoms with Crippen molar-refractivity contribution in [2.45, 2.75) is 32.2 Å². The Bertz CT molecular complexity index is 640. The molecule has 0 radical (unpaired) electrons. The van der Waals surface area contributed by atoms with Crippen LogP contribution in [0.1, 0.15) is 24.5 Å². The molecule has 0 heterocycles. The average Bonchev–Trinajstić information content (AvgIpc) is 2.39. The van der Waals surface area contributed by atoms with E-state index in [2.05, 4.69) is 5.32 Å². The van der Waals surface area contributed by atoms with Gasteiger partial charge in [-0.05, 0) is 17.5 Å². The Morgan fingerprint density at radius 3 is 2.32 bits per heavy atom. The Labute approximate surface area is 129 Å². The number of carboxylic acid groups (broad SMARTS) is 1. The first kappa shape index (κ1) is 18.1. The van der Waals surface area contributed by atoms with Crippen LogP contribution in [0.15, 0.2) is 24.3 Å². The van der Waals surface area contributed by atoms with Crippen molar-refractivity contribution in [3.05, 3.63) is 35.4 Å². The van der Waals surface area contributed by atoms with Crippen LogP contribution in [-0.2, 0) is 32.5 Å². The molecule has 0 aromatic heterocycles. The third kappa shape index (κ3) is 6.23. The summed E-state index contributed by atoms with van der Waals surface area (Å²) in [6.45, 7) is 2.00. The Kier molecular flexibility index (Phi) is 6.51. The summed E-state index contributed by atoms with van der Waals surface area (Å²) in [6.07, 6.45) is 1.64. The molecule has 22 heavy (non-hydrogen) atoms. The van der Waals surface area contributed by atoms with E-state index < -0.39 is 33.8 Å². The lowest BCUT2D eigenvalue weighted by atomic mass is 10.0. The maximum absolute atomic E-state index is 11.9. The maximum Gasteiger partial charge on any atom is 0.327 e. The van der Waals surface area contributed by atoms with Crippen LogP contribution in [0.5, 0.6) is 0 Å². The van der Waals surface area contributed by atoms with Crippen molar-refractivity contribution in [1.82, 2.24) is 5.32 Å². The highest BCUT2D eigenvalue weighted by atomic mass is 32.2. The summed E-state index contributed by atoms with van der Waals surface area (Å²) < 4.78 is 30.2. The summed E-state index contributed by atoms with van der Waals surface area (Å²) >= 11 is 0. The number of aryl methyl sites for hydroxylation is 1. The lowest BCUT2D eigenvalue weighted by Crippen LogP contribution is -2.45. The van der Waals surface area contributed by atoms with Crippen LogP contribution in [0.25, 0.3) is 0 Å². The Hall–Kier alpha value is -1.93. The van der Waals surface area contributed by atoms with Gasteiger partial charge >= 0.3 is 5.97 Å². The average molecular weight is 329 g/mol. The second-order valence-corrected chi connectivity index (χ2v) is 6.40. The van der Waals surface area contributed by atoms with Gasteiger partial charge in [0.1, 0.15) is 11.8 Å². The van der Waals surface area contributed by atoms with Crippen molar-refractivity contribution in [1.29, 1.82) is 0 Å². The molecule has 1 rings (SSSR count). The molecule has 1 aromatic carbocycles. The molecule has 1 amide bonds. The molecular formula is C14H19NO6S. The highest BCUT2D eigenvalue weighted by Gasteiger charge is 2.25. The standard InChI is InChI=1S/C14H19NO6S/c1-2-5-10-6-3-4-7-11(10)8-13(16)15-12(14(17)18)9-22(19,20)21/h3-4,6-7,12H,2,5,8-9H2,1H3,(H,15,16)(H,17,18)(H,19,20,21). The topological polar surface area (TPSA) is 121 Å². The molecule has 1 aromatic rings. The largest absolute Gasteiger partial charge is 0.480 e. The Balaban J connectivity index is 2.78. The third-order valence-corrected chi connectivity index (χ3v) is 3.75. The minimum Gasteiger partial charge on any atom is -0.480 e. The molecule has 0 aliphatic rings. The first-order valence-corrected chi connectivity index (χ1v) is 8.38. The summed E-state index contributed by atoms with van der Waals surface area (Å²) in [5, 5.41) is 11.0. The molecule has 0 bridgehead atoms. The first-order chi connectivity index (χ1) is 10.2. The molecular weight excluding hydrogens is 310 g/mol. The summed E-state index contributed by atoms with van der Waals surface area (Å²) in [4.78, 5) is 22.9. The Morgan fingerprint density at radius 1 is 1.23 bits per heavy atom. The number of nitrogens with one attached hydrogen (secondary N) is 1. The monoisotopic (exact) mass is 329 g/mol. The van der Waals surface area contributed by atoms with Crippen LogP contribution in [0.4, 0.5) is 0 Å². The van der Waals surface area contributed by atoms with Gasteiger partial charge in [-0.1, -0.05) is 37.6 Å². The van der Waals surface area contributed by atoms with Crippen molar-refractivity contribution in [3.63, 3.8) is 0 Å². The Morgan fingerprint density at radius 2 is 1.82 bits per heavy atom. The van der Waals surface area contributed by atoms with Gasteiger partial charge in [0, 0.05) is 0 Å². The fourth-order valence-electron chi connectivity index (χ4n) is 2.05. The van der Waals surface area contributed by atoms with Gasteiger partial charge in [-0.15, -0.1) is 0 Å². The van der Waals surface area contributed by atoms with Gasteiger partial charge in [-0.2, -0.15) is 8.42 Å². The van der Waals surface area contributed by atoms with Crippen LogP contribution < -0.4 is 5.32 Å². The molecule has 0 saturated carbocycles. The first-order valence-electron chi connectivity index (χ1n) is 6.77. The third-order valence-electron chi connectivity index (χ3n) is 3.00. The number of hydrogen-bond acceptors (Lipinski definition) is 4. The second kappa shape index (κ2) is 7.90. The number of carbonyl (C=O) groups excluding carboxylic acids is 1. The molecule has 3 N–H and O–H groups in total. The fraction of sp³-hybridized carbons (Fsp3) is 0.429. The molecule has 1 unspecified atom stereocenters. The fourth-order valence-corrected chi connectivity index (χ4v) is 2.69. The SMILES string of the molecule is CCCc1ccccc1CC(=O)NC(CS(=O)(=O)O)C(=O)O. The zero-order valence-electron chi connectivity index (χ0n) is 12.2. The maximum atomic E-state index is 11.9. The number of carbonyl (C=O) groups is 2. The zero-order chi connectivity index (χ0) is 16.8. The summed E-state index contributed by atoms with van der Waals surface area (Å²) in [7, 11) is -4.50. The number of carboxylic acids is 1. The van der Waals surface area contributed by atoms with Crippen molar-refractivity contribution >= 4 is 22.0 Å². The molecule has 7 nitrogen and oxygen atoms in total. The normalized spacial score (nSPS) is 12.6. The van der Waals surface area contributed by atoms with E-state index in [0.717, 1.165) is 24.0 Å². The van der Waals surface area contributed by atoms with Crippen molar-refractivity contribution in [2.24, 2.45) is 0 Å². The quantitative estimate of drug-likeness (QED) is 0.602. The van der Waals surface area contributed by atoms with Gasteiger partial charge in [-0.25, -0.2) is 4.79 Å². The minimum atomic E-state index is -4.50. The van der Waals surface area contributed by atoms with E-state index in [0.29, 0.717) is 0 Å². The molecule has 1 atom stereocenters. The van der Waals surface area contributed by atoms with Crippen molar-refractivity contribution in [3.8, 4) is 0 Å². The smallest absolute Gasteiger partial charge is 0.327 e. The van der Waals surface area contributed by atoms with E-state index in [1.54, 1.807) is 12.1 Å². The van der Waals surface area contributed by atoms with Crippen LogP contribution in [0.2, 0.25) is 0 Å². The van der Waals surface area contributed by atoms with Gasteiger partial charge in [0.25, 0.3) is 10.1 Å². The summed E-state index contributed by atoms with van der Waals surface area (Å²) in [5.74, 6) is -3.20. The van der Waals surface area contributed by atoms with E-state index in [1.165, 1.54) is 0 Å². The van der Waals surface area contributed by atoms with Crippen LogP contribution in [0.3, 0.4) is 0 Å². The van der Waals surface area contributed by atoms with Gasteiger partial charge in [-0.3, -0.25) is 9.35 Å². The molecule has 8 heteroatoms. The number of benzene rings is 1.